The van der Waals surface area contributed by atoms with Crippen LogP contribution < -0.4 is 5.32 Å². The van der Waals surface area contributed by atoms with E-state index >= 15 is 0 Å². The fourth-order valence-corrected chi connectivity index (χ4v) is 3.36. The van der Waals surface area contributed by atoms with Gasteiger partial charge in [0.2, 0.25) is 0 Å². The number of benzene rings is 1. The molecule has 3 heteroatoms. The minimum absolute atomic E-state index is 0.530. The van der Waals surface area contributed by atoms with Crippen molar-refractivity contribution in [3.8, 4) is 0 Å². The van der Waals surface area contributed by atoms with Gasteiger partial charge in [0.05, 0.1) is 11.2 Å². The Bertz CT molecular complexity index is 560. The van der Waals surface area contributed by atoms with E-state index in [4.69, 9.17) is 0 Å². The molecule has 1 unspecified atom stereocenters. The monoisotopic (exact) mass is 302 g/mol. The third-order valence-corrected chi connectivity index (χ3v) is 4.85. The van der Waals surface area contributed by atoms with E-state index in [-0.39, 0.29) is 0 Å². The van der Waals surface area contributed by atoms with Gasteiger partial charge in [0.25, 0.3) is 0 Å². The standard InChI is InChI=1S/C18H26N2S/c1-13(2)19-11-17(16-7-5-6-14(3)10-16)8-9-18-15(4)20-12-21-18/h5-7,10,12-13,17,19H,8-9,11H2,1-4H3. The first-order chi connectivity index (χ1) is 10.1. The third kappa shape index (κ3) is 4.94. The Morgan fingerprint density at radius 2 is 2.05 bits per heavy atom. The molecule has 21 heavy (non-hydrogen) atoms. The van der Waals surface area contributed by atoms with Crippen LogP contribution >= 0.6 is 11.3 Å². The molecule has 1 aromatic carbocycles. The van der Waals surface area contributed by atoms with E-state index in [1.807, 2.05) is 5.51 Å². The van der Waals surface area contributed by atoms with Crippen molar-refractivity contribution in [3.05, 3.63) is 51.5 Å². The summed E-state index contributed by atoms with van der Waals surface area (Å²) in [5, 5.41) is 3.60. The summed E-state index contributed by atoms with van der Waals surface area (Å²) < 4.78 is 0. The van der Waals surface area contributed by atoms with E-state index in [1.165, 1.54) is 28.1 Å². The van der Waals surface area contributed by atoms with E-state index in [0.29, 0.717) is 12.0 Å². The molecule has 0 radical (unpaired) electrons. The molecule has 1 aromatic heterocycles. The van der Waals surface area contributed by atoms with Crippen LogP contribution in [0.2, 0.25) is 0 Å². The molecule has 0 aliphatic heterocycles. The lowest BCUT2D eigenvalue weighted by Gasteiger charge is -2.20. The second-order valence-corrected chi connectivity index (χ2v) is 7.01. The van der Waals surface area contributed by atoms with E-state index < -0.39 is 0 Å². The van der Waals surface area contributed by atoms with Gasteiger partial charge >= 0.3 is 0 Å². The predicted molar refractivity (Wildman–Crippen MR) is 92.2 cm³/mol. The van der Waals surface area contributed by atoms with Crippen LogP contribution in [0.1, 0.15) is 47.9 Å². The normalized spacial score (nSPS) is 12.8. The first kappa shape index (κ1) is 16.2. The predicted octanol–water partition coefficient (Wildman–Crippen LogP) is 4.47. The minimum Gasteiger partial charge on any atom is -0.314 e. The number of nitrogens with zero attached hydrogens (tertiary/aromatic N) is 1. The summed E-state index contributed by atoms with van der Waals surface area (Å²) >= 11 is 1.78. The summed E-state index contributed by atoms with van der Waals surface area (Å²) in [5.74, 6) is 0.564. The van der Waals surface area contributed by atoms with Crippen molar-refractivity contribution in [1.29, 1.82) is 0 Å². The second kappa shape index (κ2) is 7.71. The van der Waals surface area contributed by atoms with Gasteiger partial charge in [-0.2, -0.15) is 0 Å². The Morgan fingerprint density at radius 1 is 1.24 bits per heavy atom. The summed E-state index contributed by atoms with van der Waals surface area (Å²) in [6, 6.07) is 9.46. The minimum atomic E-state index is 0.530. The van der Waals surface area contributed by atoms with E-state index in [9.17, 15) is 0 Å². The van der Waals surface area contributed by atoms with Crippen LogP contribution in [0.3, 0.4) is 0 Å². The zero-order chi connectivity index (χ0) is 15.2. The summed E-state index contributed by atoms with van der Waals surface area (Å²) in [6.45, 7) is 9.74. The van der Waals surface area contributed by atoms with E-state index in [0.717, 1.165) is 13.0 Å². The first-order valence-corrected chi connectivity index (χ1v) is 8.63. The highest BCUT2D eigenvalue weighted by atomic mass is 32.1. The van der Waals surface area contributed by atoms with Gasteiger partial charge in [0.15, 0.2) is 0 Å². The van der Waals surface area contributed by atoms with Crippen LogP contribution in [0, 0.1) is 13.8 Å². The summed E-state index contributed by atoms with van der Waals surface area (Å²) in [5.41, 5.74) is 5.94. The molecule has 1 N–H and O–H groups in total. The van der Waals surface area contributed by atoms with Gasteiger partial charge in [-0.15, -0.1) is 11.3 Å². The molecule has 2 aromatic rings. The highest BCUT2D eigenvalue weighted by Crippen LogP contribution is 2.24. The Balaban J connectivity index is 2.06. The van der Waals surface area contributed by atoms with Gasteiger partial charge in [-0.1, -0.05) is 43.7 Å². The van der Waals surface area contributed by atoms with Crippen molar-refractivity contribution in [3.63, 3.8) is 0 Å². The van der Waals surface area contributed by atoms with Crippen LogP contribution in [0.5, 0.6) is 0 Å². The molecule has 114 valence electrons. The van der Waals surface area contributed by atoms with Gasteiger partial charge in [-0.3, -0.25) is 0 Å². The number of hydrogen-bond donors (Lipinski definition) is 1. The van der Waals surface area contributed by atoms with Gasteiger partial charge in [-0.25, -0.2) is 4.98 Å². The first-order valence-electron chi connectivity index (χ1n) is 7.75. The summed E-state index contributed by atoms with van der Waals surface area (Å²) in [4.78, 5) is 5.79. The molecule has 0 saturated heterocycles. The molecule has 0 amide bonds. The Hall–Kier alpha value is -1.19. The quantitative estimate of drug-likeness (QED) is 0.816. The largest absolute Gasteiger partial charge is 0.314 e. The molecule has 0 spiro atoms. The summed E-state index contributed by atoms with van der Waals surface area (Å²) in [6.07, 6.45) is 2.29. The van der Waals surface area contributed by atoms with E-state index in [1.54, 1.807) is 11.3 Å². The number of thiazole rings is 1. The number of aromatic nitrogens is 1. The maximum Gasteiger partial charge on any atom is 0.0797 e. The van der Waals surface area contributed by atoms with Gasteiger partial charge in [0, 0.05) is 17.5 Å². The molecule has 0 aliphatic carbocycles. The highest BCUT2D eigenvalue weighted by molar-refractivity contribution is 7.09. The maximum atomic E-state index is 4.36. The highest BCUT2D eigenvalue weighted by Gasteiger charge is 2.14. The third-order valence-electron chi connectivity index (χ3n) is 3.85. The van der Waals surface area contributed by atoms with Crippen LogP contribution in [0.25, 0.3) is 0 Å². The number of nitrogens with one attached hydrogen (secondary N) is 1. The number of aryl methyl sites for hydroxylation is 3. The Morgan fingerprint density at radius 3 is 2.67 bits per heavy atom. The molecule has 2 rings (SSSR count). The van der Waals surface area contributed by atoms with Crippen molar-refractivity contribution in [1.82, 2.24) is 10.3 Å². The molecule has 0 saturated carbocycles. The molecule has 1 atom stereocenters. The molecule has 0 fully saturated rings. The fraction of sp³-hybridized carbons (Fsp3) is 0.500. The van der Waals surface area contributed by atoms with Crippen LogP contribution in [0.4, 0.5) is 0 Å². The molecular weight excluding hydrogens is 276 g/mol. The average molecular weight is 302 g/mol. The van der Waals surface area contributed by atoms with Crippen molar-refractivity contribution >= 4 is 11.3 Å². The molecule has 2 nitrogen and oxygen atoms in total. The average Bonchev–Trinajstić information content (AvgIpc) is 2.84. The number of rotatable bonds is 7. The zero-order valence-electron chi connectivity index (χ0n) is 13.5. The SMILES string of the molecule is Cc1cccc(C(CCc2scnc2C)CNC(C)C)c1. The number of hydrogen-bond acceptors (Lipinski definition) is 3. The topological polar surface area (TPSA) is 24.9 Å². The van der Waals surface area contributed by atoms with Crippen LogP contribution in [-0.2, 0) is 6.42 Å². The molecular formula is C18H26N2S. The second-order valence-electron chi connectivity index (χ2n) is 6.07. The van der Waals surface area contributed by atoms with Gasteiger partial charge in [0.1, 0.15) is 0 Å². The lowest BCUT2D eigenvalue weighted by molar-refractivity contribution is 0.509. The smallest absolute Gasteiger partial charge is 0.0797 e. The fourth-order valence-electron chi connectivity index (χ4n) is 2.56. The van der Waals surface area contributed by atoms with Crippen LogP contribution in [-0.4, -0.2) is 17.6 Å². The van der Waals surface area contributed by atoms with Gasteiger partial charge in [-0.05, 0) is 38.2 Å². The maximum absolute atomic E-state index is 4.36. The lowest BCUT2D eigenvalue weighted by atomic mass is 9.92. The molecule has 0 bridgehead atoms. The molecule has 0 aliphatic rings. The molecule has 1 heterocycles. The Kier molecular flexibility index (Phi) is 5.95. The zero-order valence-corrected chi connectivity index (χ0v) is 14.3. The van der Waals surface area contributed by atoms with Crippen LogP contribution in [0.15, 0.2) is 29.8 Å². The lowest BCUT2D eigenvalue weighted by Crippen LogP contribution is -2.28. The van der Waals surface area contributed by atoms with Crippen molar-refractivity contribution in [2.24, 2.45) is 0 Å². The Labute approximate surface area is 132 Å². The van der Waals surface area contributed by atoms with Crippen molar-refractivity contribution in [2.75, 3.05) is 6.54 Å². The van der Waals surface area contributed by atoms with Gasteiger partial charge < -0.3 is 5.32 Å². The van der Waals surface area contributed by atoms with Crippen molar-refractivity contribution in [2.45, 2.75) is 52.5 Å². The summed E-state index contributed by atoms with van der Waals surface area (Å²) in [7, 11) is 0. The van der Waals surface area contributed by atoms with Crippen molar-refractivity contribution < 1.29 is 0 Å². The van der Waals surface area contributed by atoms with E-state index in [2.05, 4.69) is 62.3 Å².